The lowest BCUT2D eigenvalue weighted by molar-refractivity contribution is -0.207. The van der Waals surface area contributed by atoms with Crippen molar-refractivity contribution < 1.29 is 19.2 Å². The molecular formula is C17H26N2O4. The Morgan fingerprint density at radius 1 is 1.52 bits per heavy atom. The first-order chi connectivity index (χ1) is 11.0. The molecule has 1 amide bonds. The standard InChI is InChI=1S/C17H26N2O4/c1-4-22-15-10-14(20)17(15)5-7-19(8-6-17)16(21)13-9-12(11(2)3)18-23-13/h9,11,14-15,20H,4-8,10H2,1-3H3/t14-,15+/m1/s1. The molecule has 1 aliphatic carbocycles. The van der Waals surface area contributed by atoms with Gasteiger partial charge in [-0.3, -0.25) is 4.79 Å². The van der Waals surface area contributed by atoms with Crippen LogP contribution >= 0.6 is 0 Å². The zero-order chi connectivity index (χ0) is 16.6. The summed E-state index contributed by atoms with van der Waals surface area (Å²) >= 11 is 0. The Labute approximate surface area is 136 Å². The number of aliphatic hydroxyl groups excluding tert-OH is 1. The Morgan fingerprint density at radius 3 is 2.74 bits per heavy atom. The number of carbonyl (C=O) groups excluding carboxylic acids is 1. The van der Waals surface area contributed by atoms with Crippen molar-refractivity contribution in [3.05, 3.63) is 17.5 Å². The number of ether oxygens (including phenoxy) is 1. The molecule has 1 aromatic rings. The zero-order valence-electron chi connectivity index (χ0n) is 14.1. The molecule has 1 aliphatic heterocycles. The molecule has 2 heterocycles. The molecule has 0 aromatic carbocycles. The second-order valence-corrected chi connectivity index (χ2v) is 6.99. The molecule has 6 heteroatoms. The summed E-state index contributed by atoms with van der Waals surface area (Å²) in [6, 6.07) is 1.73. The maximum Gasteiger partial charge on any atom is 0.292 e. The van der Waals surface area contributed by atoms with E-state index in [-0.39, 0.29) is 29.4 Å². The molecule has 1 saturated carbocycles. The molecule has 3 rings (SSSR count). The highest BCUT2D eigenvalue weighted by Gasteiger charge is 2.56. The summed E-state index contributed by atoms with van der Waals surface area (Å²) in [4.78, 5) is 14.3. The van der Waals surface area contributed by atoms with Crippen molar-refractivity contribution in [1.82, 2.24) is 10.1 Å². The average molecular weight is 322 g/mol. The number of carbonyl (C=O) groups is 1. The number of hydrogen-bond donors (Lipinski definition) is 1. The lowest BCUT2D eigenvalue weighted by Gasteiger charge is -2.56. The number of aromatic nitrogens is 1. The van der Waals surface area contributed by atoms with Gasteiger partial charge in [-0.25, -0.2) is 0 Å². The van der Waals surface area contributed by atoms with Gasteiger partial charge in [-0.1, -0.05) is 19.0 Å². The zero-order valence-corrected chi connectivity index (χ0v) is 14.1. The number of hydrogen-bond acceptors (Lipinski definition) is 5. The van der Waals surface area contributed by atoms with Crippen molar-refractivity contribution in [3.63, 3.8) is 0 Å². The monoisotopic (exact) mass is 322 g/mol. The smallest absolute Gasteiger partial charge is 0.292 e. The minimum atomic E-state index is -0.311. The maximum atomic E-state index is 12.5. The lowest BCUT2D eigenvalue weighted by Crippen LogP contribution is -2.62. The summed E-state index contributed by atoms with van der Waals surface area (Å²) in [5.74, 6) is 0.434. The molecule has 0 unspecified atom stereocenters. The SMILES string of the molecule is CCO[C@H]1C[C@@H](O)C12CCN(C(=O)c1cc(C(C)C)no1)CC2. The van der Waals surface area contributed by atoms with Crippen molar-refractivity contribution in [2.45, 2.75) is 58.2 Å². The van der Waals surface area contributed by atoms with Crippen molar-refractivity contribution in [1.29, 1.82) is 0 Å². The van der Waals surface area contributed by atoms with Gasteiger partial charge in [0.2, 0.25) is 5.76 Å². The van der Waals surface area contributed by atoms with Crippen LogP contribution in [-0.2, 0) is 4.74 Å². The minimum Gasteiger partial charge on any atom is -0.392 e. The highest BCUT2D eigenvalue weighted by atomic mass is 16.5. The molecule has 23 heavy (non-hydrogen) atoms. The van der Waals surface area contributed by atoms with Crippen LogP contribution in [0.4, 0.5) is 0 Å². The van der Waals surface area contributed by atoms with Crippen LogP contribution in [0, 0.1) is 5.41 Å². The van der Waals surface area contributed by atoms with Gasteiger partial charge in [-0.05, 0) is 25.7 Å². The van der Waals surface area contributed by atoms with Gasteiger partial charge >= 0.3 is 0 Å². The van der Waals surface area contributed by atoms with Crippen LogP contribution < -0.4 is 0 Å². The first-order valence-corrected chi connectivity index (χ1v) is 8.53. The van der Waals surface area contributed by atoms with Crippen LogP contribution in [0.2, 0.25) is 0 Å². The highest BCUT2D eigenvalue weighted by molar-refractivity contribution is 5.91. The number of piperidine rings is 1. The minimum absolute atomic E-state index is 0.110. The highest BCUT2D eigenvalue weighted by Crippen LogP contribution is 2.51. The van der Waals surface area contributed by atoms with E-state index in [0.29, 0.717) is 31.9 Å². The fourth-order valence-corrected chi connectivity index (χ4v) is 3.76. The molecule has 1 N–H and O–H groups in total. The van der Waals surface area contributed by atoms with E-state index in [0.717, 1.165) is 18.5 Å². The van der Waals surface area contributed by atoms with Crippen molar-refractivity contribution in [3.8, 4) is 0 Å². The number of aliphatic hydroxyl groups is 1. The second-order valence-electron chi connectivity index (χ2n) is 6.99. The number of rotatable bonds is 4. The van der Waals surface area contributed by atoms with E-state index in [1.165, 1.54) is 0 Å². The molecule has 2 atom stereocenters. The summed E-state index contributed by atoms with van der Waals surface area (Å²) in [7, 11) is 0. The van der Waals surface area contributed by atoms with Crippen molar-refractivity contribution >= 4 is 5.91 Å². The lowest BCUT2D eigenvalue weighted by atomic mass is 9.58. The third-order valence-corrected chi connectivity index (χ3v) is 5.42. The fraction of sp³-hybridized carbons (Fsp3) is 0.765. The Hall–Kier alpha value is -1.40. The molecule has 2 fully saturated rings. The van der Waals surface area contributed by atoms with E-state index in [2.05, 4.69) is 5.16 Å². The topological polar surface area (TPSA) is 75.8 Å². The van der Waals surface area contributed by atoms with Gasteiger partial charge in [0.15, 0.2) is 0 Å². The quantitative estimate of drug-likeness (QED) is 0.919. The predicted octanol–water partition coefficient (Wildman–Crippen LogP) is 2.19. The van der Waals surface area contributed by atoms with E-state index in [4.69, 9.17) is 9.26 Å². The molecule has 128 valence electrons. The normalized spacial score (nSPS) is 26.6. The summed E-state index contributed by atoms with van der Waals surface area (Å²) < 4.78 is 11.0. The number of likely N-dealkylation sites (tertiary alicyclic amines) is 1. The molecule has 0 bridgehead atoms. The molecule has 2 aliphatic rings. The Morgan fingerprint density at radius 2 is 2.22 bits per heavy atom. The van der Waals surface area contributed by atoms with Crippen molar-refractivity contribution in [2.24, 2.45) is 5.41 Å². The molecule has 1 saturated heterocycles. The molecular weight excluding hydrogens is 296 g/mol. The van der Waals surface area contributed by atoms with Gasteiger partial charge in [0.25, 0.3) is 5.91 Å². The van der Waals surface area contributed by atoms with E-state index >= 15 is 0 Å². The maximum absolute atomic E-state index is 12.5. The largest absolute Gasteiger partial charge is 0.392 e. The van der Waals surface area contributed by atoms with Crippen LogP contribution in [0.1, 0.15) is 62.2 Å². The predicted molar refractivity (Wildman–Crippen MR) is 84.2 cm³/mol. The summed E-state index contributed by atoms with van der Waals surface area (Å²) in [6.07, 6.45) is 2.07. The average Bonchev–Trinajstić information content (AvgIpc) is 3.04. The number of amides is 1. The van der Waals surface area contributed by atoms with Crippen molar-refractivity contribution in [2.75, 3.05) is 19.7 Å². The van der Waals surface area contributed by atoms with E-state index in [1.807, 2.05) is 20.8 Å². The van der Waals surface area contributed by atoms with Gasteiger partial charge in [0.1, 0.15) is 0 Å². The molecule has 0 radical (unpaired) electrons. The first kappa shape index (κ1) is 16.5. The third-order valence-electron chi connectivity index (χ3n) is 5.42. The van der Waals surface area contributed by atoms with E-state index in [9.17, 15) is 9.90 Å². The Bertz CT molecular complexity index is 559. The van der Waals surface area contributed by atoms with E-state index in [1.54, 1.807) is 11.0 Å². The Balaban J connectivity index is 1.63. The van der Waals surface area contributed by atoms with Gasteiger partial charge in [0.05, 0.1) is 17.9 Å². The van der Waals surface area contributed by atoms with Crippen LogP contribution in [-0.4, -0.2) is 53.0 Å². The second kappa shape index (κ2) is 6.24. The van der Waals surface area contributed by atoms with Gasteiger partial charge in [0, 0.05) is 37.6 Å². The molecule has 1 spiro atoms. The summed E-state index contributed by atoms with van der Waals surface area (Å²) in [6.45, 7) is 7.92. The Kier molecular flexibility index (Phi) is 4.47. The van der Waals surface area contributed by atoms with Gasteiger partial charge in [-0.2, -0.15) is 0 Å². The first-order valence-electron chi connectivity index (χ1n) is 8.53. The fourth-order valence-electron chi connectivity index (χ4n) is 3.76. The summed E-state index contributed by atoms with van der Waals surface area (Å²) in [5, 5.41) is 14.2. The number of nitrogens with zero attached hydrogens (tertiary/aromatic N) is 2. The molecule has 1 aromatic heterocycles. The summed E-state index contributed by atoms with van der Waals surface area (Å²) in [5.41, 5.74) is 0.629. The van der Waals surface area contributed by atoms with Crippen LogP contribution in [0.3, 0.4) is 0 Å². The molecule has 6 nitrogen and oxygen atoms in total. The van der Waals surface area contributed by atoms with E-state index < -0.39 is 0 Å². The third kappa shape index (κ3) is 2.78. The van der Waals surface area contributed by atoms with Crippen LogP contribution in [0.25, 0.3) is 0 Å². The van der Waals surface area contributed by atoms with Crippen LogP contribution in [0.15, 0.2) is 10.6 Å². The van der Waals surface area contributed by atoms with Gasteiger partial charge in [-0.15, -0.1) is 0 Å². The van der Waals surface area contributed by atoms with Gasteiger partial charge < -0.3 is 19.3 Å². The van der Waals surface area contributed by atoms with Crippen LogP contribution in [0.5, 0.6) is 0 Å².